The average molecular weight is 742 g/mol. The Bertz CT molecular complexity index is 1830. The smallest absolute Gasteiger partial charge is 0.407 e. The van der Waals surface area contributed by atoms with Crippen molar-refractivity contribution >= 4 is 22.0 Å². The second-order valence-electron chi connectivity index (χ2n) is 14.1. The molecular formula is C37H44FN3O10S. The summed E-state index contributed by atoms with van der Waals surface area (Å²) in [5.41, 5.74) is 0.289. The normalized spacial score (nSPS) is 20.8. The second-order valence-corrected chi connectivity index (χ2v) is 16.0. The van der Waals surface area contributed by atoms with E-state index in [0.717, 1.165) is 5.56 Å². The van der Waals surface area contributed by atoms with Gasteiger partial charge in [-0.05, 0) is 66.6 Å². The van der Waals surface area contributed by atoms with Gasteiger partial charge in [0.15, 0.2) is 17.8 Å². The zero-order chi connectivity index (χ0) is 37.0. The number of sulfonamides is 1. The van der Waals surface area contributed by atoms with Crippen LogP contribution >= 0.6 is 0 Å². The van der Waals surface area contributed by atoms with E-state index in [-0.39, 0.29) is 55.0 Å². The van der Waals surface area contributed by atoms with Gasteiger partial charge in [0.25, 0.3) is 5.91 Å². The molecule has 3 aromatic carbocycles. The molecule has 3 N–H and O–H groups in total. The highest BCUT2D eigenvalue weighted by atomic mass is 32.2. The third kappa shape index (κ3) is 8.50. The first-order chi connectivity index (χ1) is 24.8. The highest BCUT2D eigenvalue weighted by Crippen LogP contribution is 2.38. The lowest BCUT2D eigenvalue weighted by Gasteiger charge is -2.40. The Morgan fingerprint density at radius 1 is 1.02 bits per heavy atom. The number of rotatable bonds is 15. The molecule has 3 aliphatic rings. The minimum atomic E-state index is -4.32. The summed E-state index contributed by atoms with van der Waals surface area (Å²) in [6.07, 6.45) is -2.25. The molecule has 3 heterocycles. The van der Waals surface area contributed by atoms with E-state index in [9.17, 15) is 32.6 Å². The van der Waals surface area contributed by atoms with Crippen molar-refractivity contribution in [3.8, 4) is 11.5 Å². The maximum absolute atomic E-state index is 14.5. The number of carbonyl (C=O) groups excluding carboxylic acids is 1. The fourth-order valence-corrected chi connectivity index (χ4v) is 8.74. The molecule has 0 aromatic heterocycles. The number of amides is 2. The summed E-state index contributed by atoms with van der Waals surface area (Å²) >= 11 is 0. The van der Waals surface area contributed by atoms with Crippen molar-refractivity contribution in [3.05, 3.63) is 89.7 Å². The van der Waals surface area contributed by atoms with Crippen LogP contribution in [0.15, 0.2) is 77.7 Å². The molecule has 52 heavy (non-hydrogen) atoms. The molecule has 0 aliphatic carbocycles. The van der Waals surface area contributed by atoms with Crippen LogP contribution < -0.4 is 14.8 Å². The molecule has 0 unspecified atom stereocenters. The Hall–Kier alpha value is -4.28. The third-order valence-corrected chi connectivity index (χ3v) is 11.7. The third-order valence-electron chi connectivity index (χ3n) is 9.85. The van der Waals surface area contributed by atoms with Crippen molar-refractivity contribution in [2.45, 2.75) is 62.5 Å². The van der Waals surface area contributed by atoms with E-state index in [1.54, 1.807) is 0 Å². The van der Waals surface area contributed by atoms with Gasteiger partial charge < -0.3 is 34.5 Å². The summed E-state index contributed by atoms with van der Waals surface area (Å²) in [5.74, 6) is -0.443. The first kappa shape index (κ1) is 37.5. The molecule has 0 saturated carbocycles. The number of carboxylic acid groups (broad SMARTS) is 1. The summed E-state index contributed by atoms with van der Waals surface area (Å²) in [5, 5.41) is 25.6. The number of fused-ring (bicyclic) bond motifs is 2. The van der Waals surface area contributed by atoms with Gasteiger partial charge in [-0.1, -0.05) is 44.2 Å². The van der Waals surface area contributed by atoms with E-state index in [1.807, 2.05) is 44.2 Å². The molecule has 15 heteroatoms. The van der Waals surface area contributed by atoms with Gasteiger partial charge in [0.2, 0.25) is 16.8 Å². The van der Waals surface area contributed by atoms with Crippen molar-refractivity contribution in [2.24, 2.45) is 11.3 Å². The highest BCUT2D eigenvalue weighted by Gasteiger charge is 2.49. The van der Waals surface area contributed by atoms with Crippen LogP contribution in [0.3, 0.4) is 0 Å². The lowest BCUT2D eigenvalue weighted by molar-refractivity contribution is -0.0906. The van der Waals surface area contributed by atoms with Crippen LogP contribution in [-0.2, 0) is 25.9 Å². The number of hydrogen-bond acceptors (Lipinski definition) is 9. The quantitative estimate of drug-likeness (QED) is 0.207. The summed E-state index contributed by atoms with van der Waals surface area (Å²) in [6.45, 7) is 3.77. The zero-order valence-electron chi connectivity index (χ0n) is 29.0. The van der Waals surface area contributed by atoms with E-state index in [2.05, 4.69) is 5.32 Å². The number of nitrogens with zero attached hydrogens (tertiary/aromatic N) is 2. The predicted molar refractivity (Wildman–Crippen MR) is 186 cm³/mol. The Labute approximate surface area is 302 Å². The topological polar surface area (TPSA) is 164 Å². The molecule has 2 saturated heterocycles. The molecule has 13 nitrogen and oxygen atoms in total. The monoisotopic (exact) mass is 741 g/mol. The maximum atomic E-state index is 14.5. The van der Waals surface area contributed by atoms with Crippen molar-refractivity contribution in [3.63, 3.8) is 0 Å². The number of benzene rings is 3. The van der Waals surface area contributed by atoms with Gasteiger partial charge in [-0.15, -0.1) is 0 Å². The number of hydrogen-bond donors (Lipinski definition) is 3. The standard InChI is InChI=1S/C37H44FN3O10S/c1-37(2,15-16-39-34(43)25-8-10-26(38)11-9-25)22-40(52(46,47)27-12-13-32-33(19-27)51-23-50-32)20-31(42)29(18-24-6-4-3-5-7-24)41(36(44)45)30-21-49-35-28(30)14-17-48-35/h3-13,19,28-31,35,42H,14-18,20-23H2,1-2H3,(H,39,43)(H,44,45)/t28-,29-,30-,31+,35+/m0/s1. The summed E-state index contributed by atoms with van der Waals surface area (Å²) < 4.78 is 65.8. The maximum Gasteiger partial charge on any atom is 0.407 e. The summed E-state index contributed by atoms with van der Waals surface area (Å²) in [6, 6.07) is 16.9. The van der Waals surface area contributed by atoms with Gasteiger partial charge in [0.05, 0.1) is 36.3 Å². The van der Waals surface area contributed by atoms with Crippen LogP contribution in [-0.4, -0.2) is 104 Å². The minimum Gasteiger partial charge on any atom is -0.465 e. The molecule has 280 valence electrons. The van der Waals surface area contributed by atoms with Crippen LogP contribution in [0.1, 0.15) is 42.6 Å². The van der Waals surface area contributed by atoms with Gasteiger partial charge in [-0.3, -0.25) is 9.69 Å². The van der Waals surface area contributed by atoms with Crippen molar-refractivity contribution < 1.29 is 51.6 Å². The first-order valence-electron chi connectivity index (χ1n) is 17.2. The van der Waals surface area contributed by atoms with E-state index < -0.39 is 64.3 Å². The Balaban J connectivity index is 1.28. The second kappa shape index (κ2) is 15.8. The van der Waals surface area contributed by atoms with E-state index in [4.69, 9.17) is 18.9 Å². The molecule has 2 fully saturated rings. The van der Waals surface area contributed by atoms with Crippen LogP contribution in [0.5, 0.6) is 11.5 Å². The summed E-state index contributed by atoms with van der Waals surface area (Å²) in [4.78, 5) is 26.9. The van der Waals surface area contributed by atoms with Crippen LogP contribution in [0.4, 0.5) is 9.18 Å². The van der Waals surface area contributed by atoms with E-state index in [0.29, 0.717) is 25.2 Å². The van der Waals surface area contributed by atoms with Crippen LogP contribution in [0.25, 0.3) is 0 Å². The molecule has 0 spiro atoms. The zero-order valence-corrected chi connectivity index (χ0v) is 29.8. The van der Waals surface area contributed by atoms with Crippen molar-refractivity contribution in [1.29, 1.82) is 0 Å². The fourth-order valence-electron chi connectivity index (χ4n) is 7.07. The van der Waals surface area contributed by atoms with Gasteiger partial charge in [0, 0.05) is 37.2 Å². The van der Waals surface area contributed by atoms with E-state index in [1.165, 1.54) is 51.7 Å². The van der Waals surface area contributed by atoms with Gasteiger partial charge >= 0.3 is 6.09 Å². The Morgan fingerprint density at radius 2 is 1.75 bits per heavy atom. The molecule has 2 amide bonds. The Morgan fingerprint density at radius 3 is 2.48 bits per heavy atom. The predicted octanol–water partition coefficient (Wildman–Crippen LogP) is 4.11. The number of nitrogens with one attached hydrogen (secondary N) is 1. The number of ether oxygens (including phenoxy) is 4. The largest absolute Gasteiger partial charge is 0.465 e. The number of carbonyl (C=O) groups is 2. The average Bonchev–Trinajstić information content (AvgIpc) is 3.87. The molecular weight excluding hydrogens is 697 g/mol. The molecule has 3 aliphatic heterocycles. The van der Waals surface area contributed by atoms with Gasteiger partial charge in [0.1, 0.15) is 5.82 Å². The van der Waals surface area contributed by atoms with Crippen molar-refractivity contribution in [2.75, 3.05) is 39.6 Å². The lowest BCUT2D eigenvalue weighted by Crippen LogP contribution is -2.58. The van der Waals surface area contributed by atoms with E-state index >= 15 is 0 Å². The number of halogens is 1. The Kier molecular flexibility index (Phi) is 11.4. The highest BCUT2D eigenvalue weighted by molar-refractivity contribution is 7.89. The number of aliphatic hydroxyl groups excluding tert-OH is 1. The first-order valence-corrected chi connectivity index (χ1v) is 18.7. The minimum absolute atomic E-state index is 0.0537. The molecule has 5 atom stereocenters. The number of aliphatic hydroxyl groups is 1. The van der Waals surface area contributed by atoms with Crippen LogP contribution in [0, 0.1) is 17.2 Å². The van der Waals surface area contributed by atoms with Crippen molar-refractivity contribution in [1.82, 2.24) is 14.5 Å². The molecule has 3 aromatic rings. The van der Waals surface area contributed by atoms with Gasteiger partial charge in [-0.25, -0.2) is 17.6 Å². The fraction of sp³-hybridized carbons (Fsp3) is 0.459. The van der Waals surface area contributed by atoms with Gasteiger partial charge in [-0.2, -0.15) is 4.31 Å². The molecule has 0 bridgehead atoms. The SMILES string of the molecule is CC(C)(CCNC(=O)c1ccc(F)cc1)CN(C[C@@H](O)[C@H](Cc1ccccc1)N(C(=O)O)[C@H]1CO[C@H]2OCC[C@H]21)S(=O)(=O)c1ccc2c(c1)OCO2. The van der Waals surface area contributed by atoms with Crippen LogP contribution in [0.2, 0.25) is 0 Å². The molecule has 0 radical (unpaired) electrons. The molecule has 6 rings (SSSR count). The lowest BCUT2D eigenvalue weighted by atomic mass is 9.89. The summed E-state index contributed by atoms with van der Waals surface area (Å²) in [7, 11) is -4.32.